The maximum Gasteiger partial charge on any atom is 0.124 e. The highest BCUT2D eigenvalue weighted by Crippen LogP contribution is 2.22. The van der Waals surface area contributed by atoms with Crippen molar-refractivity contribution in [3.05, 3.63) is 64.4 Å². The third-order valence-electron chi connectivity index (χ3n) is 3.45. The second kappa shape index (κ2) is 9.50. The summed E-state index contributed by atoms with van der Waals surface area (Å²) in [5.74, 6) is 0.425. The van der Waals surface area contributed by atoms with Crippen LogP contribution in [0.25, 0.3) is 0 Å². The Morgan fingerprint density at radius 3 is 2.70 bits per heavy atom. The molecule has 2 rings (SSSR count). The maximum absolute atomic E-state index is 13.1. The smallest absolute Gasteiger partial charge is 0.124 e. The van der Waals surface area contributed by atoms with Crippen LogP contribution < -0.4 is 10.1 Å². The van der Waals surface area contributed by atoms with Gasteiger partial charge in [0.25, 0.3) is 0 Å². The molecule has 5 heteroatoms. The summed E-state index contributed by atoms with van der Waals surface area (Å²) in [7, 11) is 0. The molecule has 0 saturated carbocycles. The maximum atomic E-state index is 13.1. The number of rotatable bonds is 9. The predicted octanol–water partition coefficient (Wildman–Crippen LogP) is 3.92. The van der Waals surface area contributed by atoms with E-state index in [2.05, 4.69) is 5.32 Å². The van der Waals surface area contributed by atoms with Crippen molar-refractivity contribution in [3.8, 4) is 5.75 Å². The largest absolute Gasteiger partial charge is 0.489 e. The molecule has 0 aromatic heterocycles. The number of para-hydroxylation sites is 1. The lowest BCUT2D eigenvalue weighted by atomic mass is 10.2. The van der Waals surface area contributed by atoms with Gasteiger partial charge in [0.05, 0.1) is 5.02 Å². The van der Waals surface area contributed by atoms with Crippen LogP contribution in [-0.2, 0) is 13.2 Å². The lowest BCUT2D eigenvalue weighted by molar-refractivity contribution is 0.283. The standard InChI is InChI=1S/C18H21ClFNO2/c19-17-11-16(20)8-7-15(17)13-23-18-6-2-1-5-14(18)12-21-9-3-4-10-22/h1-2,5-8,11,21-22H,3-4,9-10,12-13H2. The molecule has 0 spiro atoms. The zero-order valence-corrected chi connectivity index (χ0v) is 13.7. The van der Waals surface area contributed by atoms with Crippen molar-refractivity contribution >= 4 is 11.6 Å². The SMILES string of the molecule is OCCCCNCc1ccccc1OCc1ccc(F)cc1Cl. The summed E-state index contributed by atoms with van der Waals surface area (Å²) >= 11 is 6.01. The highest BCUT2D eigenvalue weighted by Gasteiger charge is 2.06. The average molecular weight is 338 g/mol. The summed E-state index contributed by atoms with van der Waals surface area (Å²) in [5.41, 5.74) is 1.80. The fraction of sp³-hybridized carbons (Fsp3) is 0.333. The third-order valence-corrected chi connectivity index (χ3v) is 3.80. The number of hydrogen-bond acceptors (Lipinski definition) is 3. The van der Waals surface area contributed by atoms with Gasteiger partial charge in [0.15, 0.2) is 0 Å². The summed E-state index contributed by atoms with van der Waals surface area (Å²) < 4.78 is 18.9. The number of unbranched alkanes of at least 4 members (excludes halogenated alkanes) is 1. The highest BCUT2D eigenvalue weighted by atomic mass is 35.5. The van der Waals surface area contributed by atoms with E-state index in [0.717, 1.165) is 36.3 Å². The Balaban J connectivity index is 1.92. The molecule has 124 valence electrons. The Morgan fingerprint density at radius 2 is 1.91 bits per heavy atom. The number of aliphatic hydroxyl groups is 1. The molecule has 0 saturated heterocycles. The van der Waals surface area contributed by atoms with Crippen molar-refractivity contribution in [2.45, 2.75) is 26.0 Å². The van der Waals surface area contributed by atoms with E-state index in [1.165, 1.54) is 12.1 Å². The van der Waals surface area contributed by atoms with Crippen molar-refractivity contribution in [1.82, 2.24) is 5.32 Å². The molecule has 3 nitrogen and oxygen atoms in total. The van der Waals surface area contributed by atoms with Crippen LogP contribution in [0, 0.1) is 5.82 Å². The monoisotopic (exact) mass is 337 g/mol. The molecule has 0 heterocycles. The van der Waals surface area contributed by atoms with Crippen molar-refractivity contribution in [3.63, 3.8) is 0 Å². The van der Waals surface area contributed by atoms with Crippen LogP contribution in [0.3, 0.4) is 0 Å². The van der Waals surface area contributed by atoms with Crippen LogP contribution in [0.4, 0.5) is 4.39 Å². The number of nitrogens with one attached hydrogen (secondary N) is 1. The summed E-state index contributed by atoms with van der Waals surface area (Å²) in [6, 6.07) is 12.1. The van der Waals surface area contributed by atoms with Gasteiger partial charge in [-0.25, -0.2) is 4.39 Å². The fourth-order valence-corrected chi connectivity index (χ4v) is 2.39. The van der Waals surface area contributed by atoms with Crippen LogP contribution in [0.1, 0.15) is 24.0 Å². The van der Waals surface area contributed by atoms with Gasteiger partial charge in [0.1, 0.15) is 18.2 Å². The molecule has 0 bridgehead atoms. The zero-order chi connectivity index (χ0) is 16.5. The molecule has 2 N–H and O–H groups in total. The second-order valence-corrected chi connectivity index (χ2v) is 5.65. The van der Waals surface area contributed by atoms with Crippen molar-refractivity contribution in [2.24, 2.45) is 0 Å². The second-order valence-electron chi connectivity index (χ2n) is 5.24. The first-order valence-electron chi connectivity index (χ1n) is 7.67. The zero-order valence-electron chi connectivity index (χ0n) is 12.9. The minimum Gasteiger partial charge on any atom is -0.489 e. The molecule has 0 atom stereocenters. The van der Waals surface area contributed by atoms with Gasteiger partial charge in [-0.15, -0.1) is 0 Å². The van der Waals surface area contributed by atoms with E-state index in [4.69, 9.17) is 21.4 Å². The number of ether oxygens (including phenoxy) is 1. The van der Waals surface area contributed by atoms with Gasteiger partial charge in [-0.3, -0.25) is 0 Å². The molecule has 0 amide bonds. The van der Waals surface area contributed by atoms with Gasteiger partial charge in [-0.1, -0.05) is 35.9 Å². The van der Waals surface area contributed by atoms with Crippen LogP contribution in [0.15, 0.2) is 42.5 Å². The topological polar surface area (TPSA) is 41.5 Å². The molecule has 0 aliphatic carbocycles. The number of halogens is 2. The molecule has 0 aliphatic rings. The van der Waals surface area contributed by atoms with Gasteiger partial charge >= 0.3 is 0 Å². The van der Waals surface area contributed by atoms with Gasteiger partial charge < -0.3 is 15.2 Å². The molecule has 0 fully saturated rings. The Labute approximate surface area is 141 Å². The number of benzene rings is 2. The molecule has 2 aromatic carbocycles. The Morgan fingerprint density at radius 1 is 1.09 bits per heavy atom. The minimum absolute atomic E-state index is 0.222. The van der Waals surface area contributed by atoms with Crippen LogP contribution in [-0.4, -0.2) is 18.3 Å². The van der Waals surface area contributed by atoms with Gasteiger partial charge in [-0.2, -0.15) is 0 Å². The molecule has 0 aliphatic heterocycles. The van der Waals surface area contributed by atoms with Crippen molar-refractivity contribution in [1.29, 1.82) is 0 Å². The summed E-state index contributed by atoms with van der Waals surface area (Å²) in [6.45, 7) is 2.05. The van der Waals surface area contributed by atoms with E-state index in [1.807, 2.05) is 24.3 Å². The fourth-order valence-electron chi connectivity index (χ4n) is 2.17. The molecule has 0 radical (unpaired) electrons. The third kappa shape index (κ3) is 5.82. The quantitative estimate of drug-likeness (QED) is 0.681. The molecule has 0 unspecified atom stereocenters. The van der Waals surface area contributed by atoms with Crippen LogP contribution in [0.5, 0.6) is 5.75 Å². The predicted molar refractivity (Wildman–Crippen MR) is 90.2 cm³/mol. The average Bonchev–Trinajstić information content (AvgIpc) is 2.55. The van der Waals surface area contributed by atoms with Crippen molar-refractivity contribution < 1.29 is 14.2 Å². The van der Waals surface area contributed by atoms with E-state index < -0.39 is 0 Å². The first kappa shape index (κ1) is 17.7. The minimum atomic E-state index is -0.355. The van der Waals surface area contributed by atoms with Gasteiger partial charge in [-0.05, 0) is 37.6 Å². The van der Waals surface area contributed by atoms with Gasteiger partial charge in [0, 0.05) is 24.3 Å². The lowest BCUT2D eigenvalue weighted by Crippen LogP contribution is -2.15. The van der Waals surface area contributed by atoms with E-state index in [0.29, 0.717) is 18.2 Å². The van der Waals surface area contributed by atoms with Crippen LogP contribution in [0.2, 0.25) is 5.02 Å². The molecule has 23 heavy (non-hydrogen) atoms. The number of hydrogen-bond donors (Lipinski definition) is 2. The first-order valence-corrected chi connectivity index (χ1v) is 8.04. The number of aliphatic hydroxyl groups excluding tert-OH is 1. The van der Waals surface area contributed by atoms with E-state index in [-0.39, 0.29) is 12.4 Å². The van der Waals surface area contributed by atoms with Crippen molar-refractivity contribution in [2.75, 3.05) is 13.2 Å². The Kier molecular flexibility index (Phi) is 7.33. The van der Waals surface area contributed by atoms with E-state index >= 15 is 0 Å². The first-order chi connectivity index (χ1) is 11.2. The Hall–Kier alpha value is -1.62. The summed E-state index contributed by atoms with van der Waals surface area (Å²) in [5, 5.41) is 12.5. The Bertz CT molecular complexity index is 622. The molecule has 2 aromatic rings. The lowest BCUT2D eigenvalue weighted by Gasteiger charge is -2.13. The van der Waals surface area contributed by atoms with E-state index in [1.54, 1.807) is 6.07 Å². The summed E-state index contributed by atoms with van der Waals surface area (Å²) in [6.07, 6.45) is 1.74. The van der Waals surface area contributed by atoms with Gasteiger partial charge in [0.2, 0.25) is 0 Å². The highest BCUT2D eigenvalue weighted by molar-refractivity contribution is 6.31. The van der Waals surface area contributed by atoms with Crippen LogP contribution >= 0.6 is 11.6 Å². The van der Waals surface area contributed by atoms with E-state index in [9.17, 15) is 4.39 Å². The molecular weight excluding hydrogens is 317 g/mol. The normalized spacial score (nSPS) is 10.7. The molecular formula is C18H21ClFNO2. The summed E-state index contributed by atoms with van der Waals surface area (Å²) in [4.78, 5) is 0.